The van der Waals surface area contributed by atoms with Gasteiger partial charge in [-0.1, -0.05) is 30.0 Å². The van der Waals surface area contributed by atoms with Crippen LogP contribution in [0, 0.1) is 0 Å². The summed E-state index contributed by atoms with van der Waals surface area (Å²) in [4.78, 5) is 11.6. The van der Waals surface area contributed by atoms with Crippen LogP contribution in [0.5, 0.6) is 11.5 Å². The predicted molar refractivity (Wildman–Crippen MR) is 116 cm³/mol. The summed E-state index contributed by atoms with van der Waals surface area (Å²) >= 11 is 1.56. The van der Waals surface area contributed by atoms with Crippen molar-refractivity contribution < 1.29 is 19.0 Å². The molecule has 0 N–H and O–H groups in total. The minimum absolute atomic E-state index is 0.174. The fourth-order valence-corrected chi connectivity index (χ4v) is 3.80. The molecule has 8 heteroatoms. The molecule has 0 aliphatic rings. The summed E-state index contributed by atoms with van der Waals surface area (Å²) in [6.45, 7) is 2.21. The predicted octanol–water partition coefficient (Wildman–Crippen LogP) is 4.39. The summed E-state index contributed by atoms with van der Waals surface area (Å²) in [6.07, 6.45) is 1.09. The molecule has 0 unspecified atom stereocenters. The molecule has 3 aromatic rings. The van der Waals surface area contributed by atoms with Gasteiger partial charge >= 0.3 is 5.97 Å². The van der Waals surface area contributed by atoms with Crippen molar-refractivity contribution in [2.24, 2.45) is 0 Å². The summed E-state index contributed by atoms with van der Waals surface area (Å²) in [5.74, 6) is 2.59. The highest BCUT2D eigenvalue weighted by molar-refractivity contribution is 7.99. The number of rotatable bonds is 10. The zero-order chi connectivity index (χ0) is 21.3. The van der Waals surface area contributed by atoms with Crippen LogP contribution in [-0.2, 0) is 9.53 Å². The average Bonchev–Trinajstić information content (AvgIpc) is 3.21. The Balaban J connectivity index is 1.91. The fraction of sp³-hybridized carbons (Fsp3) is 0.318. The molecule has 0 amide bonds. The molecule has 0 aliphatic heterocycles. The highest BCUT2D eigenvalue weighted by Gasteiger charge is 2.18. The summed E-state index contributed by atoms with van der Waals surface area (Å²) in [5.41, 5.74) is 1.79. The van der Waals surface area contributed by atoms with Crippen LogP contribution in [0.3, 0.4) is 0 Å². The number of nitrogens with zero attached hydrogens (tertiary/aromatic N) is 3. The lowest BCUT2D eigenvalue weighted by Gasteiger charge is -2.12. The highest BCUT2D eigenvalue weighted by Crippen LogP contribution is 2.33. The second kappa shape index (κ2) is 10.7. The average molecular weight is 428 g/mol. The second-order valence-electron chi connectivity index (χ2n) is 6.34. The van der Waals surface area contributed by atoms with Gasteiger partial charge in [-0.3, -0.25) is 9.36 Å². The Labute approximate surface area is 180 Å². The molecular weight excluding hydrogens is 402 g/mol. The first-order valence-corrected chi connectivity index (χ1v) is 10.7. The van der Waals surface area contributed by atoms with Gasteiger partial charge in [-0.2, -0.15) is 0 Å². The molecule has 0 bridgehead atoms. The molecule has 158 valence electrons. The summed E-state index contributed by atoms with van der Waals surface area (Å²) in [6, 6.07) is 15.6. The molecule has 0 atom stereocenters. The number of para-hydroxylation sites is 1. The van der Waals surface area contributed by atoms with Crippen molar-refractivity contribution in [2.45, 2.75) is 24.9 Å². The van der Waals surface area contributed by atoms with Crippen LogP contribution in [0.4, 0.5) is 0 Å². The first kappa shape index (κ1) is 21.7. The van der Waals surface area contributed by atoms with Gasteiger partial charge in [0.1, 0.15) is 11.5 Å². The maximum Gasteiger partial charge on any atom is 0.305 e. The summed E-state index contributed by atoms with van der Waals surface area (Å²) in [5, 5.41) is 9.61. The molecular formula is C22H25N3O4S. The van der Waals surface area contributed by atoms with Gasteiger partial charge < -0.3 is 14.2 Å². The quantitative estimate of drug-likeness (QED) is 0.270. The molecule has 2 aromatic carbocycles. The SMILES string of the molecule is CCOC(=O)CCCSc1nnc(-c2cc(OC)cc(OC)c2)n1-c1ccccc1. The zero-order valence-corrected chi connectivity index (χ0v) is 18.1. The minimum atomic E-state index is -0.174. The van der Waals surface area contributed by atoms with E-state index < -0.39 is 0 Å². The molecule has 0 fully saturated rings. The third kappa shape index (κ3) is 5.33. The van der Waals surface area contributed by atoms with E-state index in [9.17, 15) is 4.79 Å². The van der Waals surface area contributed by atoms with Gasteiger partial charge in [0.05, 0.1) is 20.8 Å². The van der Waals surface area contributed by atoms with Crippen molar-refractivity contribution in [3.8, 4) is 28.6 Å². The van der Waals surface area contributed by atoms with E-state index >= 15 is 0 Å². The molecule has 1 aromatic heterocycles. The Morgan fingerprint density at radius 2 is 1.73 bits per heavy atom. The first-order valence-electron chi connectivity index (χ1n) is 9.69. The number of methoxy groups -OCH3 is 2. The third-order valence-corrected chi connectivity index (χ3v) is 5.33. The molecule has 7 nitrogen and oxygen atoms in total. The molecule has 3 rings (SSSR count). The lowest BCUT2D eigenvalue weighted by atomic mass is 10.2. The maximum absolute atomic E-state index is 11.6. The van der Waals surface area contributed by atoms with Crippen LogP contribution in [0.25, 0.3) is 17.1 Å². The summed E-state index contributed by atoms with van der Waals surface area (Å²) < 4.78 is 17.8. The number of carbonyl (C=O) groups is 1. The fourth-order valence-electron chi connectivity index (χ4n) is 2.91. The van der Waals surface area contributed by atoms with E-state index in [4.69, 9.17) is 14.2 Å². The van der Waals surface area contributed by atoms with Crippen LogP contribution in [0.15, 0.2) is 53.7 Å². The Kier molecular flexibility index (Phi) is 7.73. The number of esters is 1. The number of ether oxygens (including phenoxy) is 3. The van der Waals surface area contributed by atoms with E-state index in [-0.39, 0.29) is 5.97 Å². The topological polar surface area (TPSA) is 75.5 Å². The Morgan fingerprint density at radius 3 is 2.37 bits per heavy atom. The number of carbonyl (C=O) groups excluding carboxylic acids is 1. The van der Waals surface area contributed by atoms with E-state index in [2.05, 4.69) is 10.2 Å². The number of benzene rings is 2. The van der Waals surface area contributed by atoms with E-state index in [0.29, 0.717) is 36.8 Å². The van der Waals surface area contributed by atoms with Gasteiger partial charge in [-0.25, -0.2) is 0 Å². The maximum atomic E-state index is 11.6. The van der Waals surface area contributed by atoms with E-state index in [1.165, 1.54) is 0 Å². The van der Waals surface area contributed by atoms with E-state index in [1.54, 1.807) is 26.0 Å². The Bertz CT molecular complexity index is 954. The molecule has 0 aliphatic carbocycles. The van der Waals surface area contributed by atoms with E-state index in [0.717, 1.165) is 22.2 Å². The normalized spacial score (nSPS) is 10.6. The van der Waals surface area contributed by atoms with Crippen molar-refractivity contribution in [1.82, 2.24) is 14.8 Å². The first-order chi connectivity index (χ1) is 14.7. The Morgan fingerprint density at radius 1 is 1.03 bits per heavy atom. The minimum Gasteiger partial charge on any atom is -0.497 e. The largest absolute Gasteiger partial charge is 0.497 e. The molecule has 30 heavy (non-hydrogen) atoms. The monoisotopic (exact) mass is 427 g/mol. The summed E-state index contributed by atoms with van der Waals surface area (Å²) in [7, 11) is 3.23. The molecule has 0 saturated carbocycles. The number of thioether (sulfide) groups is 1. The number of aromatic nitrogens is 3. The van der Waals surface area contributed by atoms with Gasteiger partial charge in [-0.05, 0) is 37.6 Å². The van der Waals surface area contributed by atoms with Gasteiger partial charge in [-0.15, -0.1) is 10.2 Å². The smallest absolute Gasteiger partial charge is 0.305 e. The van der Waals surface area contributed by atoms with Crippen molar-refractivity contribution in [3.05, 3.63) is 48.5 Å². The van der Waals surface area contributed by atoms with Crippen LogP contribution in [0.1, 0.15) is 19.8 Å². The lowest BCUT2D eigenvalue weighted by molar-refractivity contribution is -0.143. The van der Waals surface area contributed by atoms with Crippen LogP contribution in [-0.4, -0.2) is 47.3 Å². The second-order valence-corrected chi connectivity index (χ2v) is 7.40. The zero-order valence-electron chi connectivity index (χ0n) is 17.3. The van der Waals surface area contributed by atoms with Crippen molar-refractivity contribution in [1.29, 1.82) is 0 Å². The van der Waals surface area contributed by atoms with Crippen LogP contribution >= 0.6 is 11.8 Å². The van der Waals surface area contributed by atoms with Gasteiger partial charge in [0.2, 0.25) is 0 Å². The number of hydrogen-bond donors (Lipinski definition) is 0. The van der Waals surface area contributed by atoms with Crippen molar-refractivity contribution >= 4 is 17.7 Å². The van der Waals surface area contributed by atoms with Gasteiger partial charge in [0, 0.05) is 29.5 Å². The standard InChI is InChI=1S/C22H25N3O4S/c1-4-29-20(26)11-8-12-30-22-24-23-21(25(22)17-9-6-5-7-10-17)16-13-18(27-2)15-19(14-16)28-3/h5-7,9-10,13-15H,4,8,11-12H2,1-3H3. The third-order valence-electron chi connectivity index (χ3n) is 4.32. The molecule has 0 radical (unpaired) electrons. The van der Waals surface area contributed by atoms with Crippen molar-refractivity contribution in [3.63, 3.8) is 0 Å². The van der Waals surface area contributed by atoms with Crippen molar-refractivity contribution in [2.75, 3.05) is 26.6 Å². The molecule has 0 saturated heterocycles. The lowest BCUT2D eigenvalue weighted by Crippen LogP contribution is -2.04. The van der Waals surface area contributed by atoms with Crippen LogP contribution in [0.2, 0.25) is 0 Å². The highest BCUT2D eigenvalue weighted by atomic mass is 32.2. The van der Waals surface area contributed by atoms with E-state index in [1.807, 2.05) is 60.0 Å². The number of hydrogen-bond acceptors (Lipinski definition) is 7. The van der Waals surface area contributed by atoms with Gasteiger partial charge in [0.15, 0.2) is 11.0 Å². The Hall–Kier alpha value is -3.00. The van der Waals surface area contributed by atoms with Gasteiger partial charge in [0.25, 0.3) is 0 Å². The molecule has 1 heterocycles. The molecule has 0 spiro atoms. The van der Waals surface area contributed by atoms with Crippen LogP contribution < -0.4 is 9.47 Å².